The zero-order valence-electron chi connectivity index (χ0n) is 15.7. The van der Waals surface area contributed by atoms with Crippen LogP contribution in [0.3, 0.4) is 0 Å². The molecule has 0 aliphatic carbocycles. The summed E-state index contributed by atoms with van der Waals surface area (Å²) in [6.07, 6.45) is 0. The average Bonchev–Trinajstić information content (AvgIpc) is 2.77. The van der Waals surface area contributed by atoms with Crippen molar-refractivity contribution in [3.05, 3.63) is 99.1 Å². The number of hydrogen-bond donors (Lipinski definition) is 3. The van der Waals surface area contributed by atoms with Crippen LogP contribution in [-0.4, -0.2) is 16.9 Å². The van der Waals surface area contributed by atoms with Crippen LogP contribution in [0.4, 0.5) is 0 Å². The van der Waals surface area contributed by atoms with Crippen molar-refractivity contribution in [2.75, 3.05) is 0 Å². The van der Waals surface area contributed by atoms with E-state index in [1.165, 1.54) is 0 Å². The van der Waals surface area contributed by atoms with Crippen LogP contribution in [0.25, 0.3) is 0 Å². The van der Waals surface area contributed by atoms with Crippen LogP contribution in [-0.2, 0) is 6.61 Å². The van der Waals surface area contributed by atoms with Crippen molar-refractivity contribution in [3.63, 3.8) is 0 Å². The summed E-state index contributed by atoms with van der Waals surface area (Å²) in [4.78, 5) is 24.9. The van der Waals surface area contributed by atoms with E-state index in [1.807, 2.05) is 42.5 Å². The molecule has 8 heteroatoms. The van der Waals surface area contributed by atoms with Crippen molar-refractivity contribution in [1.29, 1.82) is 0 Å². The Morgan fingerprint density at radius 2 is 1.43 bits per heavy atom. The molecule has 0 spiro atoms. The number of hydrazine groups is 1. The number of benzene rings is 3. The molecular formula is C22H18IN3O3S. The number of carbonyl (C=O) groups is 2. The van der Waals surface area contributed by atoms with Crippen molar-refractivity contribution >= 4 is 51.7 Å². The molecule has 0 unspecified atom stereocenters. The lowest BCUT2D eigenvalue weighted by Gasteiger charge is -2.14. The summed E-state index contributed by atoms with van der Waals surface area (Å²) < 4.78 is 6.59. The van der Waals surface area contributed by atoms with Crippen LogP contribution < -0.4 is 20.9 Å². The van der Waals surface area contributed by atoms with Gasteiger partial charge in [0.2, 0.25) is 0 Å². The van der Waals surface area contributed by atoms with Crippen molar-refractivity contribution < 1.29 is 14.3 Å². The molecule has 0 bridgehead atoms. The predicted octanol–water partition coefficient (Wildman–Crippen LogP) is 3.82. The minimum absolute atomic E-state index is 0.0179. The Morgan fingerprint density at radius 3 is 2.17 bits per heavy atom. The third-order valence-electron chi connectivity index (χ3n) is 4.00. The van der Waals surface area contributed by atoms with Crippen molar-refractivity contribution in [1.82, 2.24) is 16.2 Å². The molecule has 0 radical (unpaired) electrons. The summed E-state index contributed by atoms with van der Waals surface area (Å²) in [7, 11) is 0. The third-order valence-corrected chi connectivity index (χ3v) is 5.15. The molecule has 0 saturated heterocycles. The Morgan fingerprint density at radius 1 is 0.800 bits per heavy atom. The second-order valence-electron chi connectivity index (χ2n) is 6.11. The molecule has 6 nitrogen and oxygen atoms in total. The number of thiocarbonyl (C=S) groups is 1. The minimum atomic E-state index is -0.440. The van der Waals surface area contributed by atoms with E-state index in [9.17, 15) is 9.59 Å². The maximum Gasteiger partial charge on any atom is 0.273 e. The van der Waals surface area contributed by atoms with Crippen LogP contribution in [0.15, 0.2) is 78.9 Å². The van der Waals surface area contributed by atoms with Gasteiger partial charge < -0.3 is 4.74 Å². The highest BCUT2D eigenvalue weighted by molar-refractivity contribution is 14.1. The van der Waals surface area contributed by atoms with E-state index in [0.717, 1.165) is 9.13 Å². The van der Waals surface area contributed by atoms with Crippen molar-refractivity contribution in [2.24, 2.45) is 0 Å². The summed E-state index contributed by atoms with van der Waals surface area (Å²) in [5.41, 5.74) is 6.85. The van der Waals surface area contributed by atoms with Gasteiger partial charge in [0.1, 0.15) is 12.4 Å². The molecule has 3 aromatic carbocycles. The summed E-state index contributed by atoms with van der Waals surface area (Å²) >= 11 is 7.17. The average molecular weight is 531 g/mol. The molecule has 152 valence electrons. The molecule has 3 rings (SSSR count). The SMILES string of the molecule is O=C(NC(=S)NNC(=O)c1ccccc1OCc1ccccc1)c1ccccc1I. The van der Waals surface area contributed by atoms with Crippen LogP contribution >= 0.6 is 34.8 Å². The summed E-state index contributed by atoms with van der Waals surface area (Å²) in [5.74, 6) is -0.364. The van der Waals surface area contributed by atoms with Crippen LogP contribution in [0.1, 0.15) is 26.3 Å². The maximum absolute atomic E-state index is 12.6. The number of nitrogens with one attached hydrogen (secondary N) is 3. The van der Waals surface area contributed by atoms with Gasteiger partial charge in [-0.25, -0.2) is 0 Å². The quantitative estimate of drug-likeness (QED) is 0.265. The first kappa shape index (κ1) is 21.7. The van der Waals surface area contributed by atoms with Gasteiger partial charge in [-0.3, -0.25) is 25.8 Å². The highest BCUT2D eigenvalue weighted by atomic mass is 127. The second-order valence-corrected chi connectivity index (χ2v) is 7.68. The number of amides is 2. The van der Waals surface area contributed by atoms with E-state index in [1.54, 1.807) is 36.4 Å². The first-order valence-corrected chi connectivity index (χ1v) is 10.5. The third kappa shape index (κ3) is 6.01. The van der Waals surface area contributed by atoms with Crippen molar-refractivity contribution in [3.8, 4) is 5.75 Å². The normalized spacial score (nSPS) is 10.0. The topological polar surface area (TPSA) is 79.5 Å². The number of carbonyl (C=O) groups excluding carboxylic acids is 2. The number of rotatable bonds is 5. The standard InChI is InChI=1S/C22H18IN3O3S/c23-18-12-6-4-10-16(18)20(27)24-22(30)26-25-21(28)17-11-5-7-13-19(17)29-14-15-8-2-1-3-9-15/h1-13H,14H2,(H,25,28)(H2,24,26,27,30). The number of halogens is 1. The molecule has 0 fully saturated rings. The molecule has 0 heterocycles. The molecule has 3 N–H and O–H groups in total. The maximum atomic E-state index is 12.6. The Hall–Kier alpha value is -2.98. The smallest absolute Gasteiger partial charge is 0.273 e. The Kier molecular flexibility index (Phi) is 7.75. The summed E-state index contributed by atoms with van der Waals surface area (Å²) in [6.45, 7) is 0.336. The van der Waals surface area contributed by atoms with E-state index in [4.69, 9.17) is 17.0 Å². The van der Waals surface area contributed by atoms with Gasteiger partial charge >= 0.3 is 0 Å². The highest BCUT2D eigenvalue weighted by Gasteiger charge is 2.14. The van der Waals surface area contributed by atoms with E-state index in [0.29, 0.717) is 23.5 Å². The van der Waals surface area contributed by atoms with E-state index in [2.05, 4.69) is 38.8 Å². The predicted molar refractivity (Wildman–Crippen MR) is 127 cm³/mol. The molecule has 0 aliphatic heterocycles. The minimum Gasteiger partial charge on any atom is -0.488 e. The monoisotopic (exact) mass is 531 g/mol. The van der Waals surface area contributed by atoms with Gasteiger partial charge in [0.15, 0.2) is 5.11 Å². The zero-order chi connectivity index (χ0) is 21.3. The summed E-state index contributed by atoms with van der Waals surface area (Å²) in [5, 5.41) is 2.52. The van der Waals surface area contributed by atoms with Crippen LogP contribution in [0, 0.1) is 3.57 Å². The van der Waals surface area contributed by atoms with E-state index < -0.39 is 5.91 Å². The van der Waals surface area contributed by atoms with Gasteiger partial charge in [0, 0.05) is 3.57 Å². The lowest BCUT2D eigenvalue weighted by Crippen LogP contribution is -2.48. The van der Waals surface area contributed by atoms with Crippen molar-refractivity contribution in [2.45, 2.75) is 6.61 Å². The fraction of sp³-hybridized carbons (Fsp3) is 0.0455. The molecule has 0 aliphatic rings. The molecule has 30 heavy (non-hydrogen) atoms. The Balaban J connectivity index is 1.56. The van der Waals surface area contributed by atoms with Crippen LogP contribution in [0.5, 0.6) is 5.75 Å². The van der Waals surface area contributed by atoms with Gasteiger partial charge in [-0.05, 0) is 64.6 Å². The van der Waals surface area contributed by atoms with Crippen LogP contribution in [0.2, 0.25) is 0 Å². The molecule has 0 atom stereocenters. The molecule has 2 amide bonds. The first-order valence-electron chi connectivity index (χ1n) is 8.96. The fourth-order valence-corrected chi connectivity index (χ4v) is 3.32. The number of para-hydroxylation sites is 1. The number of ether oxygens (including phenoxy) is 1. The van der Waals surface area contributed by atoms with Gasteiger partial charge in [0.25, 0.3) is 11.8 Å². The van der Waals surface area contributed by atoms with Gasteiger partial charge in [-0.1, -0.05) is 54.6 Å². The molecule has 3 aromatic rings. The van der Waals surface area contributed by atoms with E-state index >= 15 is 0 Å². The Labute approximate surface area is 193 Å². The second kappa shape index (κ2) is 10.7. The first-order chi connectivity index (χ1) is 14.5. The lowest BCUT2D eigenvalue weighted by molar-refractivity contribution is 0.0930. The molecular weight excluding hydrogens is 513 g/mol. The fourth-order valence-electron chi connectivity index (χ4n) is 2.54. The Bertz CT molecular complexity index is 1060. The molecule has 0 saturated carbocycles. The van der Waals surface area contributed by atoms with Gasteiger partial charge in [-0.2, -0.15) is 0 Å². The lowest BCUT2D eigenvalue weighted by atomic mass is 10.2. The van der Waals surface area contributed by atoms with Gasteiger partial charge in [0.05, 0.1) is 11.1 Å². The summed E-state index contributed by atoms with van der Waals surface area (Å²) in [6, 6.07) is 23.7. The van der Waals surface area contributed by atoms with Gasteiger partial charge in [-0.15, -0.1) is 0 Å². The van der Waals surface area contributed by atoms with E-state index in [-0.39, 0.29) is 11.0 Å². The zero-order valence-corrected chi connectivity index (χ0v) is 18.7. The largest absolute Gasteiger partial charge is 0.488 e. The highest BCUT2D eigenvalue weighted by Crippen LogP contribution is 2.19. The number of hydrogen-bond acceptors (Lipinski definition) is 4. The molecule has 0 aromatic heterocycles.